The summed E-state index contributed by atoms with van der Waals surface area (Å²) in [6.07, 6.45) is 0. The summed E-state index contributed by atoms with van der Waals surface area (Å²) >= 11 is 1.33. The normalized spacial score (nSPS) is 11.3. The van der Waals surface area contributed by atoms with E-state index in [9.17, 15) is 9.59 Å². The number of fused-ring (bicyclic) bond motifs is 1. The Balaban J connectivity index is 2.03. The number of para-hydroxylation sites is 1. The summed E-state index contributed by atoms with van der Waals surface area (Å²) < 4.78 is 8.58. The molecule has 7 heteroatoms. The molecule has 126 valence electrons. The van der Waals surface area contributed by atoms with E-state index in [1.807, 2.05) is 25.3 Å². The Kier molecular flexibility index (Phi) is 3.65. The zero-order valence-electron chi connectivity index (χ0n) is 13.7. The second kappa shape index (κ2) is 5.86. The first kappa shape index (κ1) is 15.6. The summed E-state index contributed by atoms with van der Waals surface area (Å²) in [6, 6.07) is 10.8. The number of nitrogens with zero attached hydrogens (tertiary/aromatic N) is 3. The Morgan fingerprint density at radius 2 is 1.88 bits per heavy atom. The van der Waals surface area contributed by atoms with Gasteiger partial charge >= 0.3 is 5.69 Å². The fourth-order valence-electron chi connectivity index (χ4n) is 2.93. The van der Waals surface area contributed by atoms with Crippen LogP contribution in [0.2, 0.25) is 0 Å². The molecule has 0 N–H and O–H groups in total. The van der Waals surface area contributed by atoms with E-state index in [1.54, 1.807) is 34.9 Å². The summed E-state index contributed by atoms with van der Waals surface area (Å²) in [4.78, 5) is 26.0. The third-order valence-electron chi connectivity index (χ3n) is 4.27. The van der Waals surface area contributed by atoms with Crippen molar-refractivity contribution in [3.63, 3.8) is 0 Å². The van der Waals surface area contributed by atoms with Gasteiger partial charge in [-0.05, 0) is 37.4 Å². The summed E-state index contributed by atoms with van der Waals surface area (Å²) in [5.74, 6) is 0.672. The van der Waals surface area contributed by atoms with Crippen molar-refractivity contribution in [1.82, 2.24) is 14.3 Å². The summed E-state index contributed by atoms with van der Waals surface area (Å²) in [7, 11) is 0. The SMILES string of the molecule is Cc1noc(C)c1Cn1c(=O)n(-c2ccccc2)c(=O)c2sccc21. The van der Waals surface area contributed by atoms with E-state index < -0.39 is 0 Å². The average Bonchev–Trinajstić information content (AvgIpc) is 3.21. The summed E-state index contributed by atoms with van der Waals surface area (Å²) in [6.45, 7) is 3.97. The predicted molar refractivity (Wildman–Crippen MR) is 96.8 cm³/mol. The van der Waals surface area contributed by atoms with E-state index in [2.05, 4.69) is 5.16 Å². The van der Waals surface area contributed by atoms with Gasteiger partial charge in [0.15, 0.2) is 0 Å². The van der Waals surface area contributed by atoms with E-state index in [0.717, 1.165) is 11.3 Å². The molecule has 0 unspecified atom stereocenters. The first-order valence-corrected chi connectivity index (χ1v) is 8.66. The van der Waals surface area contributed by atoms with Crippen LogP contribution in [0.4, 0.5) is 0 Å². The Morgan fingerprint density at radius 3 is 2.56 bits per heavy atom. The van der Waals surface area contributed by atoms with Crippen LogP contribution in [-0.4, -0.2) is 14.3 Å². The van der Waals surface area contributed by atoms with Crippen LogP contribution in [0.15, 0.2) is 55.9 Å². The lowest BCUT2D eigenvalue weighted by atomic mass is 10.2. The fourth-order valence-corrected chi connectivity index (χ4v) is 3.75. The molecule has 0 radical (unpaired) electrons. The van der Waals surface area contributed by atoms with E-state index in [1.165, 1.54) is 15.9 Å². The van der Waals surface area contributed by atoms with Crippen LogP contribution in [0.3, 0.4) is 0 Å². The maximum absolute atomic E-state index is 13.1. The van der Waals surface area contributed by atoms with Crippen LogP contribution in [-0.2, 0) is 6.54 Å². The van der Waals surface area contributed by atoms with E-state index in [0.29, 0.717) is 28.2 Å². The van der Waals surface area contributed by atoms with E-state index in [-0.39, 0.29) is 11.2 Å². The molecule has 4 rings (SSSR count). The molecule has 3 aromatic heterocycles. The lowest BCUT2D eigenvalue weighted by Gasteiger charge is -2.12. The number of aryl methyl sites for hydroxylation is 2. The highest BCUT2D eigenvalue weighted by Gasteiger charge is 2.18. The fraction of sp³-hybridized carbons (Fsp3) is 0.167. The largest absolute Gasteiger partial charge is 0.361 e. The van der Waals surface area contributed by atoms with Crippen LogP contribution in [0.1, 0.15) is 17.0 Å². The topological polar surface area (TPSA) is 70.0 Å². The van der Waals surface area contributed by atoms with E-state index >= 15 is 0 Å². The number of thiophene rings is 1. The number of benzene rings is 1. The second-order valence-electron chi connectivity index (χ2n) is 5.78. The number of rotatable bonds is 3. The highest BCUT2D eigenvalue weighted by Crippen LogP contribution is 2.19. The minimum atomic E-state index is -0.373. The molecule has 0 atom stereocenters. The first-order chi connectivity index (χ1) is 12.1. The quantitative estimate of drug-likeness (QED) is 0.568. The molecular weight excluding hydrogens is 338 g/mol. The summed E-state index contributed by atoms with van der Waals surface area (Å²) in [5.41, 5.74) is 2.11. The number of hydrogen-bond acceptors (Lipinski definition) is 5. The molecular formula is C18H15N3O3S. The predicted octanol–water partition coefficient (Wildman–Crippen LogP) is 2.87. The van der Waals surface area contributed by atoms with Crippen molar-refractivity contribution in [2.24, 2.45) is 0 Å². The standard InChI is InChI=1S/C18H15N3O3S/c1-11-14(12(2)24-19-11)10-20-15-8-9-25-16(15)17(22)21(18(20)23)13-6-4-3-5-7-13/h3-9H,10H2,1-2H3. The Hall–Kier alpha value is -2.93. The van der Waals surface area contributed by atoms with Gasteiger partial charge in [-0.15, -0.1) is 11.3 Å². The molecule has 25 heavy (non-hydrogen) atoms. The van der Waals surface area contributed by atoms with Gasteiger partial charge in [-0.25, -0.2) is 9.36 Å². The molecule has 0 saturated carbocycles. The van der Waals surface area contributed by atoms with Crippen LogP contribution in [0, 0.1) is 13.8 Å². The molecule has 0 bridgehead atoms. The second-order valence-corrected chi connectivity index (χ2v) is 6.70. The molecule has 0 saturated heterocycles. The molecule has 6 nitrogen and oxygen atoms in total. The van der Waals surface area contributed by atoms with Crippen molar-refractivity contribution in [2.45, 2.75) is 20.4 Å². The van der Waals surface area contributed by atoms with Crippen LogP contribution in [0.25, 0.3) is 15.9 Å². The van der Waals surface area contributed by atoms with Gasteiger partial charge in [0.2, 0.25) is 0 Å². The summed E-state index contributed by atoms with van der Waals surface area (Å²) in [5, 5.41) is 5.78. The lowest BCUT2D eigenvalue weighted by Crippen LogP contribution is -2.38. The van der Waals surface area contributed by atoms with Gasteiger partial charge in [0.05, 0.1) is 23.4 Å². The molecule has 0 aliphatic rings. The Bertz CT molecular complexity index is 1160. The zero-order chi connectivity index (χ0) is 17.6. The van der Waals surface area contributed by atoms with Crippen molar-refractivity contribution in [2.75, 3.05) is 0 Å². The van der Waals surface area contributed by atoms with Gasteiger partial charge in [-0.1, -0.05) is 23.4 Å². The van der Waals surface area contributed by atoms with Gasteiger partial charge in [-0.3, -0.25) is 9.36 Å². The van der Waals surface area contributed by atoms with Crippen molar-refractivity contribution in [1.29, 1.82) is 0 Å². The molecule has 1 aromatic carbocycles. The maximum Gasteiger partial charge on any atom is 0.336 e. The van der Waals surface area contributed by atoms with Gasteiger partial charge in [0.25, 0.3) is 5.56 Å². The van der Waals surface area contributed by atoms with E-state index in [4.69, 9.17) is 4.52 Å². The van der Waals surface area contributed by atoms with Gasteiger partial charge < -0.3 is 4.52 Å². The molecule has 0 spiro atoms. The molecule has 4 aromatic rings. The number of aromatic nitrogens is 3. The average molecular weight is 353 g/mol. The minimum Gasteiger partial charge on any atom is -0.361 e. The highest BCUT2D eigenvalue weighted by atomic mass is 32.1. The van der Waals surface area contributed by atoms with Crippen LogP contribution < -0.4 is 11.2 Å². The van der Waals surface area contributed by atoms with Crippen molar-refractivity contribution in [3.8, 4) is 5.69 Å². The monoisotopic (exact) mass is 353 g/mol. The smallest absolute Gasteiger partial charge is 0.336 e. The molecule has 0 aliphatic heterocycles. The third-order valence-corrected chi connectivity index (χ3v) is 5.16. The van der Waals surface area contributed by atoms with Crippen molar-refractivity contribution >= 4 is 21.6 Å². The van der Waals surface area contributed by atoms with Crippen molar-refractivity contribution in [3.05, 3.63) is 79.6 Å². The zero-order valence-corrected chi connectivity index (χ0v) is 14.5. The lowest BCUT2D eigenvalue weighted by molar-refractivity contribution is 0.392. The van der Waals surface area contributed by atoms with Gasteiger partial charge in [0.1, 0.15) is 10.5 Å². The molecule has 0 amide bonds. The molecule has 0 fully saturated rings. The van der Waals surface area contributed by atoms with Crippen LogP contribution in [0.5, 0.6) is 0 Å². The first-order valence-electron chi connectivity index (χ1n) is 7.78. The van der Waals surface area contributed by atoms with Gasteiger partial charge in [-0.2, -0.15) is 0 Å². The Labute approximate surface area is 146 Å². The minimum absolute atomic E-state index is 0.295. The molecule has 0 aliphatic carbocycles. The van der Waals surface area contributed by atoms with Crippen molar-refractivity contribution < 1.29 is 4.52 Å². The Morgan fingerprint density at radius 1 is 1.12 bits per heavy atom. The van der Waals surface area contributed by atoms with Gasteiger partial charge in [0, 0.05) is 5.56 Å². The maximum atomic E-state index is 13.1. The third kappa shape index (κ3) is 2.44. The highest BCUT2D eigenvalue weighted by molar-refractivity contribution is 7.17. The van der Waals surface area contributed by atoms with Crippen LogP contribution >= 0.6 is 11.3 Å². The molecule has 3 heterocycles. The number of hydrogen-bond donors (Lipinski definition) is 0.